The maximum Gasteiger partial charge on any atom is 0.167 e. The summed E-state index contributed by atoms with van der Waals surface area (Å²) in [4.78, 5) is 15.0. The van der Waals surface area contributed by atoms with Crippen molar-refractivity contribution in [2.45, 2.75) is 19.3 Å². The number of rotatable bonds is 3. The van der Waals surface area contributed by atoms with Gasteiger partial charge in [0.1, 0.15) is 11.2 Å². The Morgan fingerprint density at radius 2 is 1.27 bits per heavy atom. The van der Waals surface area contributed by atoms with Gasteiger partial charge in [0.2, 0.25) is 0 Å². The Bertz CT molecular complexity index is 2150. The molecule has 1 aliphatic rings. The highest BCUT2D eigenvalue weighted by molar-refractivity contribution is 6.31. The Morgan fingerprint density at radius 3 is 2.12 bits per heavy atom. The molecule has 2 aromatic heterocycles. The molecule has 0 atom stereocenters. The highest BCUT2D eigenvalue weighted by Gasteiger charge is 2.35. The first-order valence-electron chi connectivity index (χ1n) is 13.6. The van der Waals surface area contributed by atoms with Crippen LogP contribution in [-0.4, -0.2) is 15.0 Å². The van der Waals surface area contributed by atoms with E-state index >= 15 is 0 Å². The number of halogens is 1. The molecule has 0 amide bonds. The first-order valence-corrected chi connectivity index (χ1v) is 14.0. The van der Waals surface area contributed by atoms with Crippen molar-refractivity contribution in [2.75, 3.05) is 0 Å². The largest absolute Gasteiger partial charge is 0.455 e. The predicted molar refractivity (Wildman–Crippen MR) is 166 cm³/mol. The SMILES string of the molecule is CC1(C)c2ccccc2-c2ccc(-c3nc(-c4ccccc4)nc(-c4cccc5c4oc4ccc(Cl)cc45)n3)cc21. The van der Waals surface area contributed by atoms with E-state index in [1.807, 2.05) is 66.7 Å². The van der Waals surface area contributed by atoms with Crippen molar-refractivity contribution in [3.8, 4) is 45.3 Å². The van der Waals surface area contributed by atoms with E-state index in [4.69, 9.17) is 31.0 Å². The summed E-state index contributed by atoms with van der Waals surface area (Å²) < 4.78 is 6.35. The lowest BCUT2D eigenvalue weighted by Crippen LogP contribution is -2.15. The van der Waals surface area contributed by atoms with Crippen molar-refractivity contribution in [1.82, 2.24) is 15.0 Å². The van der Waals surface area contributed by atoms with Crippen LogP contribution in [0.15, 0.2) is 114 Å². The lowest BCUT2D eigenvalue weighted by atomic mass is 9.82. The molecule has 0 N–H and O–H groups in total. The second-order valence-corrected chi connectivity index (χ2v) is 11.5. The average molecular weight is 550 g/mol. The van der Waals surface area contributed by atoms with Crippen LogP contribution in [-0.2, 0) is 5.41 Å². The number of furan rings is 1. The minimum Gasteiger partial charge on any atom is -0.455 e. The lowest BCUT2D eigenvalue weighted by Gasteiger charge is -2.21. The normalized spacial score (nSPS) is 13.4. The van der Waals surface area contributed by atoms with Gasteiger partial charge in [0, 0.05) is 32.3 Å². The first-order chi connectivity index (χ1) is 20.0. The molecule has 0 radical (unpaired) electrons. The fourth-order valence-electron chi connectivity index (χ4n) is 6.13. The van der Waals surface area contributed by atoms with Crippen molar-refractivity contribution in [3.05, 3.63) is 125 Å². The number of hydrogen-bond acceptors (Lipinski definition) is 4. The summed E-state index contributed by atoms with van der Waals surface area (Å²) in [5.41, 5.74) is 9.23. The second-order valence-electron chi connectivity index (χ2n) is 11.0. The van der Waals surface area contributed by atoms with Gasteiger partial charge in [-0.1, -0.05) is 104 Å². The number of nitrogens with zero attached hydrogens (tertiary/aromatic N) is 3. The highest BCUT2D eigenvalue weighted by atomic mass is 35.5. The molecule has 0 bridgehead atoms. The first kappa shape index (κ1) is 24.0. The third-order valence-electron chi connectivity index (χ3n) is 8.21. The van der Waals surface area contributed by atoms with Gasteiger partial charge < -0.3 is 4.42 Å². The van der Waals surface area contributed by atoms with Crippen LogP contribution in [0.1, 0.15) is 25.0 Å². The lowest BCUT2D eigenvalue weighted by molar-refractivity contribution is 0.660. The van der Waals surface area contributed by atoms with Crippen molar-refractivity contribution in [2.24, 2.45) is 0 Å². The molecular weight excluding hydrogens is 526 g/mol. The molecule has 1 aliphatic carbocycles. The van der Waals surface area contributed by atoms with Gasteiger partial charge in [0.05, 0.1) is 5.56 Å². The minimum absolute atomic E-state index is 0.124. The maximum absolute atomic E-state index is 6.35. The summed E-state index contributed by atoms with van der Waals surface area (Å²) >= 11 is 6.33. The zero-order valence-corrected chi connectivity index (χ0v) is 23.3. The average Bonchev–Trinajstić information content (AvgIpc) is 3.49. The van der Waals surface area contributed by atoms with Crippen LogP contribution < -0.4 is 0 Å². The molecule has 0 fully saturated rings. The standard InChI is InChI=1S/C36H24ClN3O/c1-36(2)29-14-7-6-11-24(29)25-17-15-22(19-30(25)36)34-38-33(21-9-4-3-5-10-21)39-35(40-34)27-13-8-12-26-28-20-23(37)16-18-31(28)41-32(26)27/h3-20H,1-2H3. The molecule has 5 heteroatoms. The third kappa shape index (κ3) is 3.71. The van der Waals surface area contributed by atoms with Crippen LogP contribution in [0.2, 0.25) is 5.02 Å². The maximum atomic E-state index is 6.35. The van der Waals surface area contributed by atoms with Gasteiger partial charge in [-0.25, -0.2) is 15.0 Å². The van der Waals surface area contributed by atoms with Crippen LogP contribution >= 0.6 is 11.6 Å². The molecule has 0 unspecified atom stereocenters. The molecule has 5 aromatic carbocycles. The zero-order chi connectivity index (χ0) is 27.7. The van der Waals surface area contributed by atoms with Gasteiger partial charge in [-0.2, -0.15) is 0 Å². The molecule has 196 valence electrons. The van der Waals surface area contributed by atoms with Crippen molar-refractivity contribution < 1.29 is 4.42 Å². The van der Waals surface area contributed by atoms with Crippen LogP contribution in [0.25, 0.3) is 67.2 Å². The van der Waals surface area contributed by atoms with E-state index in [9.17, 15) is 0 Å². The quantitative estimate of drug-likeness (QED) is 0.220. The van der Waals surface area contributed by atoms with Gasteiger partial charge in [0.25, 0.3) is 0 Å². The van der Waals surface area contributed by atoms with Crippen LogP contribution in [0.3, 0.4) is 0 Å². The fraction of sp³-hybridized carbons (Fsp3) is 0.0833. The Morgan fingerprint density at radius 1 is 0.561 bits per heavy atom. The molecule has 0 spiro atoms. The van der Waals surface area contributed by atoms with Crippen molar-refractivity contribution in [1.29, 1.82) is 0 Å². The smallest absolute Gasteiger partial charge is 0.167 e. The molecule has 8 rings (SSSR count). The fourth-order valence-corrected chi connectivity index (χ4v) is 6.30. The van der Waals surface area contributed by atoms with E-state index in [2.05, 4.69) is 56.3 Å². The summed E-state index contributed by atoms with van der Waals surface area (Å²) in [5.74, 6) is 1.80. The summed E-state index contributed by atoms with van der Waals surface area (Å²) in [7, 11) is 0. The summed E-state index contributed by atoms with van der Waals surface area (Å²) in [6.45, 7) is 4.56. The Labute approximate surface area is 242 Å². The van der Waals surface area contributed by atoms with Crippen molar-refractivity contribution >= 4 is 33.5 Å². The Balaban J connectivity index is 1.35. The molecule has 4 nitrogen and oxygen atoms in total. The summed E-state index contributed by atoms with van der Waals surface area (Å²) in [6.07, 6.45) is 0. The number of aromatic nitrogens is 3. The number of benzene rings is 5. The van der Waals surface area contributed by atoms with E-state index < -0.39 is 0 Å². The number of hydrogen-bond donors (Lipinski definition) is 0. The van der Waals surface area contributed by atoms with Gasteiger partial charge >= 0.3 is 0 Å². The minimum atomic E-state index is -0.124. The van der Waals surface area contributed by atoms with Crippen LogP contribution in [0.5, 0.6) is 0 Å². The monoisotopic (exact) mass is 549 g/mol. The summed E-state index contributed by atoms with van der Waals surface area (Å²) in [5, 5.41) is 2.61. The molecule has 0 aliphatic heterocycles. The summed E-state index contributed by atoms with van der Waals surface area (Å²) in [6, 6.07) is 37.0. The van der Waals surface area contributed by atoms with Crippen LogP contribution in [0, 0.1) is 0 Å². The van der Waals surface area contributed by atoms with Gasteiger partial charge in [-0.3, -0.25) is 0 Å². The molecule has 0 saturated heterocycles. The number of fused-ring (bicyclic) bond motifs is 6. The van der Waals surface area contributed by atoms with E-state index in [1.54, 1.807) is 0 Å². The molecule has 7 aromatic rings. The highest BCUT2D eigenvalue weighted by Crippen LogP contribution is 2.49. The third-order valence-corrected chi connectivity index (χ3v) is 8.44. The van der Waals surface area contributed by atoms with Gasteiger partial charge in [-0.15, -0.1) is 0 Å². The molecule has 0 saturated carbocycles. The topological polar surface area (TPSA) is 51.8 Å². The molecule has 41 heavy (non-hydrogen) atoms. The van der Waals surface area contributed by atoms with E-state index in [0.29, 0.717) is 22.5 Å². The van der Waals surface area contributed by atoms with E-state index in [0.717, 1.165) is 38.6 Å². The van der Waals surface area contributed by atoms with E-state index in [1.165, 1.54) is 22.3 Å². The number of para-hydroxylation sites is 1. The Hall–Kier alpha value is -4.80. The van der Waals surface area contributed by atoms with Gasteiger partial charge in [-0.05, 0) is 52.6 Å². The van der Waals surface area contributed by atoms with Gasteiger partial charge in [0.15, 0.2) is 17.5 Å². The van der Waals surface area contributed by atoms with Crippen molar-refractivity contribution in [3.63, 3.8) is 0 Å². The predicted octanol–water partition coefficient (Wildman–Crippen LogP) is 9.73. The molecule has 2 heterocycles. The Kier molecular flexibility index (Phi) is 5.19. The second kappa shape index (κ2) is 8.85. The zero-order valence-electron chi connectivity index (χ0n) is 22.5. The van der Waals surface area contributed by atoms with Crippen LogP contribution in [0.4, 0.5) is 0 Å². The molecular formula is C36H24ClN3O. The van der Waals surface area contributed by atoms with E-state index in [-0.39, 0.29) is 5.41 Å².